The van der Waals surface area contributed by atoms with Crippen LogP contribution < -0.4 is 9.47 Å². The second-order valence-electron chi connectivity index (χ2n) is 9.84. The van der Waals surface area contributed by atoms with Crippen molar-refractivity contribution in [3.63, 3.8) is 0 Å². The molecule has 2 saturated heterocycles. The highest BCUT2D eigenvalue weighted by Crippen LogP contribution is 2.48. The Morgan fingerprint density at radius 1 is 1.12 bits per heavy atom. The second-order valence-corrected chi connectivity index (χ2v) is 9.84. The van der Waals surface area contributed by atoms with Crippen LogP contribution >= 0.6 is 0 Å². The molecule has 5 rings (SSSR count). The van der Waals surface area contributed by atoms with E-state index in [0.717, 1.165) is 18.4 Å². The number of piperidine rings is 1. The van der Waals surface area contributed by atoms with Gasteiger partial charge in [-0.25, -0.2) is 4.39 Å². The molecule has 2 aliphatic heterocycles. The van der Waals surface area contributed by atoms with Crippen molar-refractivity contribution in [3.8, 4) is 11.5 Å². The summed E-state index contributed by atoms with van der Waals surface area (Å²) in [6.45, 7) is 0.454. The molecule has 3 aliphatic rings. The fraction of sp³-hybridized carbons (Fsp3) is 0.500. The zero-order chi connectivity index (χ0) is 24.0. The first-order valence-corrected chi connectivity index (χ1v) is 11.8. The summed E-state index contributed by atoms with van der Waals surface area (Å²) in [5.41, 5.74) is 0.844. The summed E-state index contributed by atoms with van der Waals surface area (Å²) in [4.78, 5) is 26.4. The summed E-state index contributed by atoms with van der Waals surface area (Å²) in [6.07, 6.45) is 3.19. The summed E-state index contributed by atoms with van der Waals surface area (Å²) in [7, 11) is 3.09. The highest BCUT2D eigenvalue weighted by atomic mass is 19.1. The number of ketones is 1. The van der Waals surface area contributed by atoms with E-state index in [1.165, 1.54) is 13.2 Å². The number of alkyl halides is 1. The molecule has 34 heavy (non-hydrogen) atoms. The largest absolute Gasteiger partial charge is 0.493 e. The van der Waals surface area contributed by atoms with E-state index >= 15 is 4.39 Å². The molecule has 0 saturated carbocycles. The van der Waals surface area contributed by atoms with Gasteiger partial charge in [-0.1, -0.05) is 18.2 Å². The van der Waals surface area contributed by atoms with E-state index in [1.807, 2.05) is 6.07 Å². The van der Waals surface area contributed by atoms with Gasteiger partial charge in [-0.3, -0.25) is 19.8 Å². The SMILES string of the molecule is COc1cc2c(cc1OC)C(=O)C(CC1(F)CC3CCC(C1)N3Cc1ccccc1[N+](=O)[O-])C2. The maximum absolute atomic E-state index is 16.2. The van der Waals surface area contributed by atoms with Crippen LogP contribution in [0.2, 0.25) is 0 Å². The van der Waals surface area contributed by atoms with Crippen molar-refractivity contribution in [3.05, 3.63) is 63.2 Å². The van der Waals surface area contributed by atoms with Gasteiger partial charge in [0.05, 0.1) is 19.1 Å². The molecule has 3 atom stereocenters. The van der Waals surface area contributed by atoms with Gasteiger partial charge in [0.25, 0.3) is 5.69 Å². The number of hydrogen-bond acceptors (Lipinski definition) is 6. The van der Waals surface area contributed by atoms with E-state index in [1.54, 1.807) is 31.4 Å². The van der Waals surface area contributed by atoms with E-state index in [2.05, 4.69) is 4.90 Å². The highest BCUT2D eigenvalue weighted by Gasteiger charge is 2.51. The molecule has 8 heteroatoms. The van der Waals surface area contributed by atoms with Gasteiger partial charge in [0.15, 0.2) is 17.3 Å². The molecule has 0 spiro atoms. The van der Waals surface area contributed by atoms with Crippen molar-refractivity contribution in [1.29, 1.82) is 0 Å². The fourth-order valence-corrected chi connectivity index (χ4v) is 6.33. The fourth-order valence-electron chi connectivity index (χ4n) is 6.33. The van der Waals surface area contributed by atoms with Crippen LogP contribution in [0, 0.1) is 16.0 Å². The second kappa shape index (κ2) is 8.65. The third-order valence-electron chi connectivity index (χ3n) is 7.84. The lowest BCUT2D eigenvalue weighted by Gasteiger charge is -2.43. The van der Waals surface area contributed by atoms with Crippen molar-refractivity contribution in [1.82, 2.24) is 4.90 Å². The van der Waals surface area contributed by atoms with Crippen LogP contribution in [-0.2, 0) is 13.0 Å². The lowest BCUT2D eigenvalue weighted by atomic mass is 9.79. The maximum Gasteiger partial charge on any atom is 0.273 e. The molecule has 0 radical (unpaired) electrons. The minimum atomic E-state index is -1.42. The van der Waals surface area contributed by atoms with Gasteiger partial charge in [0, 0.05) is 41.7 Å². The monoisotopic (exact) mass is 468 g/mol. The van der Waals surface area contributed by atoms with Crippen molar-refractivity contribution in [2.24, 2.45) is 5.92 Å². The molecular formula is C26H29FN2O5. The van der Waals surface area contributed by atoms with Crippen molar-refractivity contribution in [2.75, 3.05) is 14.2 Å². The number of carbonyl (C=O) groups is 1. The van der Waals surface area contributed by atoms with Gasteiger partial charge >= 0.3 is 0 Å². The van der Waals surface area contributed by atoms with Gasteiger partial charge < -0.3 is 9.47 Å². The smallest absolute Gasteiger partial charge is 0.273 e. The number of halogens is 1. The van der Waals surface area contributed by atoms with Crippen LogP contribution in [0.3, 0.4) is 0 Å². The highest BCUT2D eigenvalue weighted by molar-refractivity contribution is 6.03. The standard InChI is InChI=1S/C26H29FN2O5/c1-33-23-10-17-9-18(25(30)21(17)11-24(23)34-2)12-26(27)13-19-7-8-20(14-26)28(19)15-16-5-3-4-6-22(16)29(31)32/h3-6,10-11,18-20H,7-9,12-15H2,1-2H3. The molecular weight excluding hydrogens is 439 g/mol. The first-order chi connectivity index (χ1) is 16.3. The molecule has 2 fully saturated rings. The third-order valence-corrected chi connectivity index (χ3v) is 7.84. The van der Waals surface area contributed by atoms with Crippen LogP contribution in [0.5, 0.6) is 11.5 Å². The van der Waals surface area contributed by atoms with Crippen molar-refractivity contribution >= 4 is 11.5 Å². The molecule has 2 bridgehead atoms. The number of ether oxygens (including phenoxy) is 2. The molecule has 0 aromatic heterocycles. The molecule has 1 aliphatic carbocycles. The number of rotatable bonds is 7. The zero-order valence-corrected chi connectivity index (χ0v) is 19.5. The van der Waals surface area contributed by atoms with Crippen LogP contribution in [0.25, 0.3) is 0 Å². The number of nitro benzene ring substituents is 1. The van der Waals surface area contributed by atoms with Crippen molar-refractivity contribution in [2.45, 2.75) is 62.8 Å². The summed E-state index contributed by atoms with van der Waals surface area (Å²) in [5.74, 6) is 0.665. The molecule has 2 aromatic rings. The number of hydrogen-bond donors (Lipinski definition) is 0. The number of para-hydroxylation sites is 1. The van der Waals surface area contributed by atoms with Crippen LogP contribution in [0.4, 0.5) is 10.1 Å². The Morgan fingerprint density at radius 2 is 1.76 bits per heavy atom. The molecule has 180 valence electrons. The van der Waals surface area contributed by atoms with E-state index in [9.17, 15) is 14.9 Å². The molecule has 0 amide bonds. The van der Waals surface area contributed by atoms with E-state index in [0.29, 0.717) is 48.4 Å². The number of methoxy groups -OCH3 is 2. The topological polar surface area (TPSA) is 81.9 Å². The summed E-state index contributed by atoms with van der Waals surface area (Å²) >= 11 is 0. The Bertz CT molecular complexity index is 1120. The van der Waals surface area contributed by atoms with Crippen LogP contribution in [-0.4, -0.2) is 47.6 Å². The zero-order valence-electron chi connectivity index (χ0n) is 19.5. The Balaban J connectivity index is 1.30. The molecule has 0 N–H and O–H groups in total. The van der Waals surface area contributed by atoms with Gasteiger partial charge in [0.1, 0.15) is 5.67 Å². The van der Waals surface area contributed by atoms with Gasteiger partial charge in [-0.2, -0.15) is 0 Å². The Labute approximate surface area is 198 Å². The number of fused-ring (bicyclic) bond motifs is 3. The lowest BCUT2D eigenvalue weighted by Crippen LogP contribution is -2.49. The van der Waals surface area contributed by atoms with E-state index in [-0.39, 0.29) is 34.9 Å². The average Bonchev–Trinajstić information content (AvgIpc) is 3.24. The lowest BCUT2D eigenvalue weighted by molar-refractivity contribution is -0.385. The Kier molecular flexibility index (Phi) is 5.80. The number of nitro groups is 1. The summed E-state index contributed by atoms with van der Waals surface area (Å²) in [6, 6.07) is 10.4. The predicted octanol–water partition coefficient (Wildman–Crippen LogP) is 4.89. The average molecular weight is 469 g/mol. The van der Waals surface area contributed by atoms with Gasteiger partial charge in [-0.15, -0.1) is 0 Å². The van der Waals surface area contributed by atoms with Gasteiger partial charge in [-0.05, 0) is 56.2 Å². The molecule has 2 heterocycles. The predicted molar refractivity (Wildman–Crippen MR) is 124 cm³/mol. The molecule has 2 aromatic carbocycles. The van der Waals surface area contributed by atoms with Crippen LogP contribution in [0.15, 0.2) is 36.4 Å². The first-order valence-electron chi connectivity index (χ1n) is 11.8. The normalized spacial score (nSPS) is 28.1. The Hall–Kier alpha value is -3.00. The van der Waals surface area contributed by atoms with Crippen LogP contribution in [0.1, 0.15) is 53.6 Å². The van der Waals surface area contributed by atoms with E-state index in [4.69, 9.17) is 9.47 Å². The summed E-state index contributed by atoms with van der Waals surface area (Å²) in [5, 5.41) is 11.4. The number of nitrogens with zero attached hydrogens (tertiary/aromatic N) is 2. The quantitative estimate of drug-likeness (QED) is 0.425. The summed E-state index contributed by atoms with van der Waals surface area (Å²) < 4.78 is 26.9. The maximum atomic E-state index is 16.2. The van der Waals surface area contributed by atoms with E-state index < -0.39 is 11.6 Å². The number of benzene rings is 2. The minimum Gasteiger partial charge on any atom is -0.493 e. The minimum absolute atomic E-state index is 0.0253. The first kappa shape index (κ1) is 22.8. The number of carbonyl (C=O) groups excluding carboxylic acids is 1. The molecule has 3 unspecified atom stereocenters. The molecule has 7 nitrogen and oxygen atoms in total. The number of Topliss-reactive ketones (excluding diaryl/α,β-unsaturated/α-hetero) is 1. The van der Waals surface area contributed by atoms with Gasteiger partial charge in [0.2, 0.25) is 0 Å². The Morgan fingerprint density at radius 3 is 2.41 bits per heavy atom. The van der Waals surface area contributed by atoms with Crippen molar-refractivity contribution < 1.29 is 23.6 Å². The third kappa shape index (κ3) is 3.94.